The van der Waals surface area contributed by atoms with Crippen molar-refractivity contribution in [3.8, 4) is 5.75 Å². The highest BCUT2D eigenvalue weighted by Gasteiger charge is 2.05. The minimum absolute atomic E-state index is 0.0255. The van der Waals surface area contributed by atoms with Gasteiger partial charge in [0.05, 0.1) is 23.4 Å². The van der Waals surface area contributed by atoms with E-state index in [1.807, 2.05) is 43.3 Å². The van der Waals surface area contributed by atoms with Crippen molar-refractivity contribution in [2.24, 2.45) is 5.10 Å². The van der Waals surface area contributed by atoms with E-state index < -0.39 is 4.92 Å². The van der Waals surface area contributed by atoms with Gasteiger partial charge in [-0.25, -0.2) is 0 Å². The number of rotatable bonds is 5. The van der Waals surface area contributed by atoms with E-state index in [2.05, 4.69) is 10.5 Å². The molecule has 0 aliphatic heterocycles. The summed E-state index contributed by atoms with van der Waals surface area (Å²) in [7, 11) is 1.64. The number of nitro benzene ring substituents is 1. The van der Waals surface area contributed by atoms with E-state index in [0.29, 0.717) is 5.69 Å². The number of hydrogen-bond donors (Lipinski definition) is 1. The number of nitro groups is 1. The number of non-ortho nitro benzene ring substituents is 1. The average molecular weight is 335 g/mol. The normalized spacial score (nSPS) is 11.4. The van der Waals surface area contributed by atoms with Gasteiger partial charge in [0.2, 0.25) is 0 Å². The first-order valence-electron chi connectivity index (χ1n) is 7.70. The van der Waals surface area contributed by atoms with Crippen molar-refractivity contribution in [1.82, 2.24) is 0 Å². The van der Waals surface area contributed by atoms with Crippen molar-refractivity contribution in [3.63, 3.8) is 0 Å². The van der Waals surface area contributed by atoms with E-state index in [-0.39, 0.29) is 5.69 Å². The molecule has 0 fully saturated rings. The summed E-state index contributed by atoms with van der Waals surface area (Å²) in [5, 5.41) is 17.3. The van der Waals surface area contributed by atoms with E-state index >= 15 is 0 Å². The summed E-state index contributed by atoms with van der Waals surface area (Å²) in [6.07, 6.45) is 0. The number of hydrazone groups is 1. The van der Waals surface area contributed by atoms with Gasteiger partial charge < -0.3 is 4.74 Å². The summed E-state index contributed by atoms with van der Waals surface area (Å²) >= 11 is 0. The topological polar surface area (TPSA) is 76.8 Å². The van der Waals surface area contributed by atoms with E-state index in [1.54, 1.807) is 19.2 Å². The summed E-state index contributed by atoms with van der Waals surface area (Å²) in [6.45, 7) is 1.88. The van der Waals surface area contributed by atoms with Crippen molar-refractivity contribution in [2.75, 3.05) is 12.5 Å². The van der Waals surface area contributed by atoms with Crippen LogP contribution in [-0.4, -0.2) is 17.7 Å². The van der Waals surface area contributed by atoms with Gasteiger partial charge in [-0.3, -0.25) is 15.5 Å². The van der Waals surface area contributed by atoms with E-state index in [9.17, 15) is 10.1 Å². The number of methoxy groups -OCH3 is 1. The van der Waals surface area contributed by atoms with Gasteiger partial charge in [-0.2, -0.15) is 5.10 Å². The molecule has 0 heterocycles. The molecule has 1 N–H and O–H groups in total. The fraction of sp³-hybridized carbons (Fsp3) is 0.105. The minimum Gasteiger partial charge on any atom is -0.497 e. The third-order valence-electron chi connectivity index (χ3n) is 3.87. The van der Waals surface area contributed by atoms with Gasteiger partial charge in [0.15, 0.2) is 0 Å². The van der Waals surface area contributed by atoms with Crippen LogP contribution in [0, 0.1) is 10.1 Å². The molecule has 0 saturated heterocycles. The molecule has 0 aliphatic carbocycles. The Morgan fingerprint density at radius 2 is 1.84 bits per heavy atom. The smallest absolute Gasteiger partial charge is 0.271 e. The first-order valence-corrected chi connectivity index (χ1v) is 7.70. The quantitative estimate of drug-likeness (QED) is 0.420. The summed E-state index contributed by atoms with van der Waals surface area (Å²) in [5.74, 6) is 0.818. The predicted molar refractivity (Wildman–Crippen MR) is 99.4 cm³/mol. The average Bonchev–Trinajstić information content (AvgIpc) is 2.65. The van der Waals surface area contributed by atoms with Gasteiger partial charge in [0.1, 0.15) is 5.75 Å². The largest absolute Gasteiger partial charge is 0.497 e. The molecule has 126 valence electrons. The lowest BCUT2D eigenvalue weighted by molar-refractivity contribution is -0.384. The molecule has 0 atom stereocenters. The van der Waals surface area contributed by atoms with Crippen molar-refractivity contribution in [2.45, 2.75) is 6.92 Å². The van der Waals surface area contributed by atoms with E-state index in [1.165, 1.54) is 12.1 Å². The third kappa shape index (κ3) is 3.74. The summed E-state index contributed by atoms with van der Waals surface area (Å²) in [6, 6.07) is 18.2. The lowest BCUT2D eigenvalue weighted by Crippen LogP contribution is -2.00. The van der Waals surface area contributed by atoms with Gasteiger partial charge in [-0.15, -0.1) is 0 Å². The number of anilines is 1. The molecule has 3 rings (SSSR count). The van der Waals surface area contributed by atoms with Crippen molar-refractivity contribution < 1.29 is 9.66 Å². The van der Waals surface area contributed by atoms with E-state index in [4.69, 9.17) is 4.74 Å². The first-order chi connectivity index (χ1) is 12.1. The monoisotopic (exact) mass is 335 g/mol. The van der Waals surface area contributed by atoms with Crippen LogP contribution in [0.1, 0.15) is 12.5 Å². The lowest BCUT2D eigenvalue weighted by atomic mass is 10.0. The van der Waals surface area contributed by atoms with Crippen LogP contribution >= 0.6 is 0 Å². The Morgan fingerprint density at radius 3 is 2.60 bits per heavy atom. The zero-order valence-electron chi connectivity index (χ0n) is 13.9. The minimum atomic E-state index is -0.431. The van der Waals surface area contributed by atoms with Crippen LogP contribution < -0.4 is 10.2 Å². The van der Waals surface area contributed by atoms with Crippen molar-refractivity contribution in [3.05, 3.63) is 76.3 Å². The zero-order valence-corrected chi connectivity index (χ0v) is 13.9. The van der Waals surface area contributed by atoms with Crippen LogP contribution in [0.15, 0.2) is 65.8 Å². The highest BCUT2D eigenvalue weighted by Crippen LogP contribution is 2.22. The molecule has 0 aromatic heterocycles. The molecule has 0 unspecified atom stereocenters. The van der Waals surface area contributed by atoms with Crippen LogP contribution in [0.5, 0.6) is 5.75 Å². The molecule has 3 aromatic rings. The number of nitrogens with one attached hydrogen (secondary N) is 1. The van der Waals surface area contributed by atoms with Gasteiger partial charge in [0.25, 0.3) is 5.69 Å². The van der Waals surface area contributed by atoms with Crippen LogP contribution in [-0.2, 0) is 0 Å². The number of nitrogens with zero attached hydrogens (tertiary/aromatic N) is 2. The number of benzene rings is 3. The lowest BCUT2D eigenvalue weighted by Gasteiger charge is -2.06. The molecule has 25 heavy (non-hydrogen) atoms. The maximum atomic E-state index is 10.8. The summed E-state index contributed by atoms with van der Waals surface area (Å²) in [4.78, 5) is 10.4. The maximum Gasteiger partial charge on any atom is 0.271 e. The maximum absolute atomic E-state index is 10.8. The molecule has 0 radical (unpaired) electrons. The van der Waals surface area contributed by atoms with Crippen molar-refractivity contribution in [1.29, 1.82) is 0 Å². The Balaban J connectivity index is 1.83. The van der Waals surface area contributed by atoms with Crippen LogP contribution in [0.25, 0.3) is 10.8 Å². The number of hydrogen-bond acceptors (Lipinski definition) is 5. The first kappa shape index (κ1) is 16.4. The Labute approximate surface area is 144 Å². The molecule has 0 amide bonds. The molecule has 0 saturated carbocycles. The van der Waals surface area contributed by atoms with Crippen LogP contribution in [0.4, 0.5) is 11.4 Å². The van der Waals surface area contributed by atoms with Gasteiger partial charge in [-0.05, 0) is 47.5 Å². The summed E-state index contributed by atoms with van der Waals surface area (Å²) in [5.41, 5.74) is 5.21. The standard InChI is InChI=1S/C19H17N3O3/c1-13(20-21-17-4-3-5-18(12-17)22(23)24)14-6-7-16-11-19(25-2)9-8-15(16)10-14/h3-12,21H,1-2H3. The molecule has 0 spiro atoms. The molecule has 0 aliphatic rings. The fourth-order valence-corrected chi connectivity index (χ4v) is 2.48. The SMILES string of the molecule is COc1ccc2cc(C(C)=NNc3cccc([N+](=O)[O-])c3)ccc2c1. The fourth-order valence-electron chi connectivity index (χ4n) is 2.48. The van der Waals surface area contributed by atoms with Crippen LogP contribution in [0.2, 0.25) is 0 Å². The van der Waals surface area contributed by atoms with Gasteiger partial charge in [0, 0.05) is 12.1 Å². The molecular formula is C19H17N3O3. The highest BCUT2D eigenvalue weighted by molar-refractivity contribution is 6.02. The molecule has 6 nitrogen and oxygen atoms in total. The molecule has 6 heteroatoms. The Morgan fingerprint density at radius 1 is 1.08 bits per heavy atom. The summed E-state index contributed by atoms with van der Waals surface area (Å²) < 4.78 is 5.23. The molecule has 3 aromatic carbocycles. The zero-order chi connectivity index (χ0) is 17.8. The van der Waals surface area contributed by atoms with Crippen LogP contribution in [0.3, 0.4) is 0 Å². The molecule has 0 bridgehead atoms. The van der Waals surface area contributed by atoms with Gasteiger partial charge in [-0.1, -0.05) is 24.3 Å². The Bertz CT molecular complexity index is 967. The van der Waals surface area contributed by atoms with Gasteiger partial charge >= 0.3 is 0 Å². The van der Waals surface area contributed by atoms with E-state index in [0.717, 1.165) is 27.8 Å². The number of ether oxygens (including phenoxy) is 1. The van der Waals surface area contributed by atoms with Crippen molar-refractivity contribution >= 4 is 27.9 Å². The Hall–Kier alpha value is -3.41. The number of fused-ring (bicyclic) bond motifs is 1. The second kappa shape index (κ2) is 7.00. The third-order valence-corrected chi connectivity index (χ3v) is 3.87. The Kier molecular flexibility index (Phi) is 4.61. The molecular weight excluding hydrogens is 318 g/mol. The second-order valence-electron chi connectivity index (χ2n) is 5.54. The predicted octanol–water partition coefficient (Wildman–Crippen LogP) is 4.59. The second-order valence-corrected chi connectivity index (χ2v) is 5.54. The highest BCUT2D eigenvalue weighted by atomic mass is 16.6.